The number of nitrogens with zero attached hydrogens (tertiary/aromatic N) is 2. The van der Waals surface area contributed by atoms with E-state index in [4.69, 9.17) is 0 Å². The number of amides is 1. The lowest BCUT2D eigenvalue weighted by molar-refractivity contribution is -0.115. The van der Waals surface area contributed by atoms with Crippen LogP contribution in [0.3, 0.4) is 0 Å². The summed E-state index contributed by atoms with van der Waals surface area (Å²) >= 11 is 1.39. The molecule has 0 aliphatic carbocycles. The van der Waals surface area contributed by atoms with E-state index in [0.717, 1.165) is 40.2 Å². The summed E-state index contributed by atoms with van der Waals surface area (Å²) in [6, 6.07) is 16.8. The second-order valence-electron chi connectivity index (χ2n) is 7.97. The maximum absolute atomic E-state index is 12.6. The van der Waals surface area contributed by atoms with E-state index < -0.39 is 0 Å². The maximum atomic E-state index is 12.6. The highest BCUT2D eigenvalue weighted by atomic mass is 32.2. The fraction of sp³-hybridized carbons (Fsp3) is 0.231. The first-order valence-electron chi connectivity index (χ1n) is 10.5. The van der Waals surface area contributed by atoms with Gasteiger partial charge in [0, 0.05) is 17.1 Å². The molecule has 2 aromatic carbocycles. The first-order chi connectivity index (χ1) is 14.9. The largest absolute Gasteiger partial charge is 0.318 e. The van der Waals surface area contributed by atoms with Gasteiger partial charge in [0.25, 0.3) is 5.91 Å². The average Bonchev–Trinajstić information content (AvgIpc) is 3.19. The van der Waals surface area contributed by atoms with Gasteiger partial charge in [0.1, 0.15) is 0 Å². The fourth-order valence-electron chi connectivity index (χ4n) is 4.09. The number of rotatable bonds is 4. The van der Waals surface area contributed by atoms with E-state index >= 15 is 0 Å². The highest BCUT2D eigenvalue weighted by molar-refractivity contribution is 8.18. The van der Waals surface area contributed by atoms with Gasteiger partial charge in [-0.3, -0.25) is 4.79 Å². The van der Waals surface area contributed by atoms with Crippen molar-refractivity contribution in [1.82, 2.24) is 9.88 Å². The summed E-state index contributed by atoms with van der Waals surface area (Å²) in [6.07, 6.45) is 2.94. The van der Waals surface area contributed by atoms with E-state index in [-0.39, 0.29) is 5.91 Å². The molecule has 1 fully saturated rings. The third kappa shape index (κ3) is 4.37. The minimum atomic E-state index is -0.105. The molecule has 0 saturated carbocycles. The van der Waals surface area contributed by atoms with Crippen molar-refractivity contribution in [3.63, 3.8) is 0 Å². The predicted molar refractivity (Wildman–Crippen MR) is 131 cm³/mol. The molecule has 0 unspecified atom stereocenters. The Kier molecular flexibility index (Phi) is 5.88. The van der Waals surface area contributed by atoms with Crippen LogP contribution in [0.25, 0.3) is 11.8 Å². The second kappa shape index (κ2) is 8.60. The van der Waals surface area contributed by atoms with Crippen molar-refractivity contribution in [3.8, 4) is 5.69 Å². The number of carbonyl (C=O) groups excluding carboxylic acids is 1. The third-order valence-electron chi connectivity index (χ3n) is 5.46. The summed E-state index contributed by atoms with van der Waals surface area (Å²) in [7, 11) is 0. The Bertz CT molecular complexity index is 1210. The van der Waals surface area contributed by atoms with Crippen molar-refractivity contribution < 1.29 is 4.79 Å². The highest BCUT2D eigenvalue weighted by Gasteiger charge is 2.25. The SMILES string of the molecule is CCc1ccccc1-n1c(C)cc(/C=C2\SC(=Nc3cc(C)cc(C)c3)NC2=O)c1C. The molecule has 0 spiro atoms. The number of carbonyl (C=O) groups is 1. The lowest BCUT2D eigenvalue weighted by Crippen LogP contribution is -2.19. The van der Waals surface area contributed by atoms with Crippen molar-refractivity contribution in [1.29, 1.82) is 0 Å². The molecule has 1 aliphatic rings. The van der Waals surface area contributed by atoms with Crippen molar-refractivity contribution >= 4 is 34.6 Å². The quantitative estimate of drug-likeness (QED) is 0.505. The minimum absolute atomic E-state index is 0.105. The molecule has 1 aromatic heterocycles. The summed E-state index contributed by atoms with van der Waals surface area (Å²) < 4.78 is 2.27. The molecule has 1 aliphatic heterocycles. The van der Waals surface area contributed by atoms with Crippen LogP contribution in [0.2, 0.25) is 0 Å². The van der Waals surface area contributed by atoms with E-state index in [9.17, 15) is 4.79 Å². The third-order valence-corrected chi connectivity index (χ3v) is 6.37. The number of thioether (sulfide) groups is 1. The average molecular weight is 430 g/mol. The molecule has 31 heavy (non-hydrogen) atoms. The smallest absolute Gasteiger partial charge is 0.264 e. The van der Waals surface area contributed by atoms with Gasteiger partial charge in [-0.1, -0.05) is 31.2 Å². The van der Waals surface area contributed by atoms with Crippen molar-refractivity contribution in [3.05, 3.63) is 87.1 Å². The van der Waals surface area contributed by atoms with Gasteiger partial charge in [0.2, 0.25) is 0 Å². The summed E-state index contributed by atoms with van der Waals surface area (Å²) in [4.78, 5) is 17.9. The zero-order valence-corrected chi connectivity index (χ0v) is 19.4. The number of hydrogen-bond acceptors (Lipinski definition) is 3. The number of benzene rings is 2. The molecule has 1 amide bonds. The maximum Gasteiger partial charge on any atom is 0.264 e. The Hall–Kier alpha value is -3.05. The number of hydrogen-bond donors (Lipinski definition) is 1. The van der Waals surface area contributed by atoms with Crippen LogP contribution < -0.4 is 5.32 Å². The van der Waals surface area contributed by atoms with Gasteiger partial charge in [0.15, 0.2) is 5.17 Å². The van der Waals surface area contributed by atoms with Gasteiger partial charge < -0.3 is 9.88 Å². The zero-order chi connectivity index (χ0) is 22.1. The van der Waals surface area contributed by atoms with Crippen LogP contribution in [-0.4, -0.2) is 15.6 Å². The van der Waals surface area contributed by atoms with E-state index in [1.54, 1.807) is 0 Å². The molecule has 0 radical (unpaired) electrons. The summed E-state index contributed by atoms with van der Waals surface area (Å²) in [6.45, 7) is 10.5. The van der Waals surface area contributed by atoms with Crippen LogP contribution in [0, 0.1) is 27.7 Å². The lowest BCUT2D eigenvalue weighted by Gasteiger charge is -2.14. The Labute approximate surface area is 188 Å². The topological polar surface area (TPSA) is 46.4 Å². The second-order valence-corrected chi connectivity index (χ2v) is 9.00. The number of para-hydroxylation sites is 1. The standard InChI is InChI=1S/C26H27N3OS/c1-6-20-9-7-8-10-23(20)29-18(4)14-21(19(29)5)15-24-25(30)28-26(31-24)27-22-12-16(2)11-17(3)13-22/h7-15H,6H2,1-5H3,(H,27,28,30)/b24-15-. The Morgan fingerprint density at radius 2 is 1.74 bits per heavy atom. The molecular weight excluding hydrogens is 402 g/mol. The van der Waals surface area contributed by atoms with E-state index in [2.05, 4.69) is 85.9 Å². The van der Waals surface area contributed by atoms with Gasteiger partial charge in [-0.15, -0.1) is 0 Å². The molecule has 0 bridgehead atoms. The molecule has 158 valence electrons. The van der Waals surface area contributed by atoms with Gasteiger partial charge in [-0.2, -0.15) is 0 Å². The lowest BCUT2D eigenvalue weighted by atomic mass is 10.1. The summed E-state index contributed by atoms with van der Waals surface area (Å²) in [5.41, 5.74) is 9.00. The number of amidine groups is 1. The first-order valence-corrected chi connectivity index (χ1v) is 11.3. The van der Waals surface area contributed by atoms with Gasteiger partial charge in [0.05, 0.1) is 10.6 Å². The van der Waals surface area contributed by atoms with Crippen LogP contribution in [-0.2, 0) is 11.2 Å². The normalized spacial score (nSPS) is 16.4. The van der Waals surface area contributed by atoms with E-state index in [1.165, 1.54) is 23.0 Å². The molecule has 5 heteroatoms. The van der Waals surface area contributed by atoms with Crippen molar-refractivity contribution in [2.75, 3.05) is 0 Å². The Morgan fingerprint density at radius 1 is 1.03 bits per heavy atom. The molecular formula is C26H27N3OS. The molecule has 1 saturated heterocycles. The van der Waals surface area contributed by atoms with Crippen molar-refractivity contribution in [2.24, 2.45) is 4.99 Å². The van der Waals surface area contributed by atoms with Gasteiger partial charge >= 0.3 is 0 Å². The number of nitrogens with one attached hydrogen (secondary N) is 1. The zero-order valence-electron chi connectivity index (χ0n) is 18.6. The number of aromatic nitrogens is 1. The van der Waals surface area contributed by atoms with Gasteiger partial charge in [-0.25, -0.2) is 4.99 Å². The highest BCUT2D eigenvalue weighted by Crippen LogP contribution is 2.31. The van der Waals surface area contributed by atoms with Crippen LogP contribution in [0.4, 0.5) is 5.69 Å². The molecule has 0 atom stereocenters. The van der Waals surface area contributed by atoms with Crippen LogP contribution >= 0.6 is 11.8 Å². The fourth-order valence-corrected chi connectivity index (χ4v) is 4.92. The van der Waals surface area contributed by atoms with Crippen LogP contribution in [0.1, 0.15) is 40.6 Å². The monoisotopic (exact) mass is 429 g/mol. The van der Waals surface area contributed by atoms with E-state index in [1.807, 2.05) is 18.2 Å². The predicted octanol–water partition coefficient (Wildman–Crippen LogP) is 6.16. The number of aliphatic imine (C=N–C) groups is 1. The molecule has 2 heterocycles. The van der Waals surface area contributed by atoms with E-state index in [0.29, 0.717) is 10.1 Å². The van der Waals surface area contributed by atoms with Gasteiger partial charge in [-0.05, 0) is 98.5 Å². The van der Waals surface area contributed by atoms with Crippen molar-refractivity contribution in [2.45, 2.75) is 41.0 Å². The number of aryl methyl sites for hydroxylation is 4. The molecule has 3 aromatic rings. The minimum Gasteiger partial charge on any atom is -0.318 e. The molecule has 1 N–H and O–H groups in total. The van der Waals surface area contributed by atoms with Crippen LogP contribution in [0.5, 0.6) is 0 Å². The Balaban J connectivity index is 1.67. The molecule has 4 nitrogen and oxygen atoms in total. The van der Waals surface area contributed by atoms with Crippen LogP contribution in [0.15, 0.2) is 58.4 Å². The summed E-state index contributed by atoms with van der Waals surface area (Å²) in [5, 5.41) is 3.52. The Morgan fingerprint density at radius 3 is 2.45 bits per heavy atom. The molecule has 4 rings (SSSR count). The summed E-state index contributed by atoms with van der Waals surface area (Å²) in [5.74, 6) is -0.105. The first kappa shape index (κ1) is 21.2.